The monoisotopic (exact) mass is 375 g/mol. The van der Waals surface area contributed by atoms with Crippen LogP contribution in [0.4, 0.5) is 4.79 Å². The van der Waals surface area contributed by atoms with Gasteiger partial charge in [-0.05, 0) is 40.8 Å². The molecule has 2 aliphatic rings. The average molecular weight is 375 g/mol. The van der Waals surface area contributed by atoms with Gasteiger partial charge >= 0.3 is 6.09 Å². The number of nitrogens with one attached hydrogen (secondary N) is 1. The summed E-state index contributed by atoms with van der Waals surface area (Å²) in [5.74, 6) is 0.778. The molecule has 0 saturated carbocycles. The number of hydrogen-bond acceptors (Lipinski definition) is 4. The number of rotatable bonds is 4. The van der Waals surface area contributed by atoms with Crippen molar-refractivity contribution >= 4 is 6.09 Å². The first kappa shape index (κ1) is 17.1. The first-order valence-electron chi connectivity index (χ1n) is 9.58. The molecule has 5 rings (SSSR count). The van der Waals surface area contributed by atoms with Crippen molar-refractivity contribution in [3.05, 3.63) is 83.8 Å². The van der Waals surface area contributed by atoms with E-state index in [0.717, 1.165) is 12.2 Å². The molecule has 5 heteroatoms. The zero-order valence-electron chi connectivity index (χ0n) is 15.3. The summed E-state index contributed by atoms with van der Waals surface area (Å²) in [5.41, 5.74) is 4.84. The maximum atomic E-state index is 12.5. The predicted molar refractivity (Wildman–Crippen MR) is 104 cm³/mol. The minimum Gasteiger partial charge on any atom is -0.467 e. The fraction of sp³-hybridized carbons (Fsp3) is 0.261. The molecule has 28 heavy (non-hydrogen) atoms. The van der Waals surface area contributed by atoms with Crippen LogP contribution in [0.5, 0.6) is 0 Å². The third-order valence-corrected chi connectivity index (χ3v) is 5.56. The molecular formula is C23H21NO4. The molecule has 1 fully saturated rings. The Morgan fingerprint density at radius 3 is 2.39 bits per heavy atom. The second kappa shape index (κ2) is 7.17. The molecule has 0 bridgehead atoms. The van der Waals surface area contributed by atoms with Gasteiger partial charge in [-0.1, -0.05) is 48.5 Å². The predicted octanol–water partition coefficient (Wildman–Crippen LogP) is 4.65. The van der Waals surface area contributed by atoms with Crippen LogP contribution in [0.15, 0.2) is 71.3 Å². The van der Waals surface area contributed by atoms with E-state index in [0.29, 0.717) is 13.2 Å². The summed E-state index contributed by atoms with van der Waals surface area (Å²) < 4.78 is 16.8. The van der Waals surface area contributed by atoms with Crippen LogP contribution in [0.2, 0.25) is 0 Å². The first-order chi connectivity index (χ1) is 13.8. The van der Waals surface area contributed by atoms with Crippen molar-refractivity contribution in [2.24, 2.45) is 0 Å². The summed E-state index contributed by atoms with van der Waals surface area (Å²) in [4.78, 5) is 12.5. The normalized spacial score (nSPS) is 20.6. The van der Waals surface area contributed by atoms with Crippen LogP contribution in [0.1, 0.15) is 35.3 Å². The molecule has 2 aromatic carbocycles. The summed E-state index contributed by atoms with van der Waals surface area (Å²) in [5, 5.41) is 2.94. The molecule has 142 valence electrons. The molecule has 5 nitrogen and oxygen atoms in total. The Balaban J connectivity index is 1.27. The number of amides is 1. The second-order valence-corrected chi connectivity index (χ2v) is 7.17. The molecule has 1 N–H and O–H groups in total. The summed E-state index contributed by atoms with van der Waals surface area (Å²) in [7, 11) is 0. The van der Waals surface area contributed by atoms with Gasteiger partial charge in [0.05, 0.1) is 12.3 Å². The van der Waals surface area contributed by atoms with Crippen molar-refractivity contribution < 1.29 is 18.7 Å². The highest BCUT2D eigenvalue weighted by molar-refractivity contribution is 5.79. The fourth-order valence-electron chi connectivity index (χ4n) is 4.26. The summed E-state index contributed by atoms with van der Waals surface area (Å²) in [6.45, 7) is 0.887. The zero-order valence-corrected chi connectivity index (χ0v) is 15.3. The molecular weight excluding hydrogens is 354 g/mol. The molecule has 1 aliphatic carbocycles. The Morgan fingerprint density at radius 1 is 1.00 bits per heavy atom. The highest BCUT2D eigenvalue weighted by atomic mass is 16.6. The van der Waals surface area contributed by atoms with E-state index in [1.165, 1.54) is 22.3 Å². The largest absolute Gasteiger partial charge is 0.467 e. The molecule has 1 aromatic heterocycles. The van der Waals surface area contributed by atoms with E-state index in [4.69, 9.17) is 13.9 Å². The number of hydrogen-bond donors (Lipinski definition) is 1. The van der Waals surface area contributed by atoms with Gasteiger partial charge in [0, 0.05) is 12.5 Å². The summed E-state index contributed by atoms with van der Waals surface area (Å²) in [6, 6.07) is 20.1. The minimum atomic E-state index is -0.422. The minimum absolute atomic E-state index is 0.0545. The van der Waals surface area contributed by atoms with E-state index >= 15 is 0 Å². The number of benzene rings is 2. The molecule has 2 atom stereocenters. The van der Waals surface area contributed by atoms with Gasteiger partial charge in [0.15, 0.2) is 0 Å². The Morgan fingerprint density at radius 2 is 1.71 bits per heavy atom. The van der Waals surface area contributed by atoms with Crippen molar-refractivity contribution in [1.82, 2.24) is 5.32 Å². The molecule has 2 heterocycles. The van der Waals surface area contributed by atoms with Crippen molar-refractivity contribution in [1.29, 1.82) is 0 Å². The van der Waals surface area contributed by atoms with E-state index in [9.17, 15) is 4.79 Å². The van der Waals surface area contributed by atoms with Gasteiger partial charge in [0.25, 0.3) is 0 Å². The van der Waals surface area contributed by atoms with Crippen LogP contribution in [0, 0.1) is 0 Å². The van der Waals surface area contributed by atoms with E-state index in [1.54, 1.807) is 6.26 Å². The summed E-state index contributed by atoms with van der Waals surface area (Å²) >= 11 is 0. The first-order valence-corrected chi connectivity index (χ1v) is 9.58. The van der Waals surface area contributed by atoms with Crippen molar-refractivity contribution in [2.45, 2.75) is 24.5 Å². The maximum Gasteiger partial charge on any atom is 0.407 e. The Hall–Kier alpha value is -3.05. The molecule has 1 amide bonds. The summed E-state index contributed by atoms with van der Waals surface area (Å²) in [6.07, 6.45) is 1.65. The van der Waals surface area contributed by atoms with Crippen LogP contribution in [0.25, 0.3) is 11.1 Å². The lowest BCUT2D eigenvalue weighted by Gasteiger charge is -2.19. The molecule has 1 saturated heterocycles. The topological polar surface area (TPSA) is 60.7 Å². The van der Waals surface area contributed by atoms with Crippen LogP contribution >= 0.6 is 0 Å². The van der Waals surface area contributed by atoms with E-state index in [2.05, 4.69) is 29.6 Å². The van der Waals surface area contributed by atoms with Gasteiger partial charge in [-0.3, -0.25) is 0 Å². The Bertz CT molecular complexity index is 936. The van der Waals surface area contributed by atoms with Crippen molar-refractivity contribution in [3.63, 3.8) is 0 Å². The lowest BCUT2D eigenvalue weighted by molar-refractivity contribution is 0.0764. The molecule has 0 radical (unpaired) electrons. The third-order valence-electron chi connectivity index (χ3n) is 5.56. The Kier molecular flexibility index (Phi) is 4.37. The van der Waals surface area contributed by atoms with E-state index in [1.807, 2.05) is 36.4 Å². The third kappa shape index (κ3) is 2.98. The van der Waals surface area contributed by atoms with Gasteiger partial charge in [0.2, 0.25) is 0 Å². The van der Waals surface area contributed by atoms with Gasteiger partial charge < -0.3 is 19.2 Å². The molecule has 3 aromatic rings. The van der Waals surface area contributed by atoms with E-state index < -0.39 is 6.09 Å². The lowest BCUT2D eigenvalue weighted by atomic mass is 9.98. The SMILES string of the molecule is O=C(N[C@H]1CCO[C@@H]1c1ccco1)OCC1c2ccccc2-c2ccccc21. The van der Waals surface area contributed by atoms with Gasteiger partial charge in [-0.2, -0.15) is 0 Å². The van der Waals surface area contributed by atoms with Gasteiger partial charge in [-0.25, -0.2) is 4.79 Å². The molecule has 1 aliphatic heterocycles. The standard InChI is InChI=1S/C23H21NO4/c25-23(24-20-11-13-27-22(20)21-10-5-12-26-21)28-14-19-17-8-3-1-6-15(17)16-7-2-4-9-18(16)19/h1-10,12,19-20,22H,11,13-14H2,(H,24,25)/t20-,22-/m0/s1. The quantitative estimate of drug-likeness (QED) is 0.721. The van der Waals surface area contributed by atoms with Gasteiger partial charge in [0.1, 0.15) is 18.5 Å². The van der Waals surface area contributed by atoms with E-state index in [-0.39, 0.29) is 18.1 Å². The van der Waals surface area contributed by atoms with Crippen molar-refractivity contribution in [3.8, 4) is 11.1 Å². The fourth-order valence-corrected chi connectivity index (χ4v) is 4.26. The number of ether oxygens (including phenoxy) is 2. The van der Waals surface area contributed by atoms with Crippen LogP contribution in [0.3, 0.4) is 0 Å². The van der Waals surface area contributed by atoms with Crippen LogP contribution < -0.4 is 5.32 Å². The highest BCUT2D eigenvalue weighted by Gasteiger charge is 2.34. The number of carbonyl (C=O) groups excluding carboxylic acids is 1. The van der Waals surface area contributed by atoms with Crippen LogP contribution in [-0.4, -0.2) is 25.3 Å². The molecule has 0 spiro atoms. The zero-order chi connectivity index (χ0) is 18.9. The number of alkyl carbamates (subject to hydrolysis) is 1. The number of fused-ring (bicyclic) bond motifs is 3. The number of furan rings is 1. The molecule has 0 unspecified atom stereocenters. The van der Waals surface area contributed by atoms with Crippen molar-refractivity contribution in [2.75, 3.05) is 13.2 Å². The lowest BCUT2D eigenvalue weighted by Crippen LogP contribution is -2.37. The number of carbonyl (C=O) groups is 1. The van der Waals surface area contributed by atoms with Crippen LogP contribution in [-0.2, 0) is 9.47 Å². The maximum absolute atomic E-state index is 12.5. The highest BCUT2D eigenvalue weighted by Crippen LogP contribution is 2.44. The Labute approximate surface area is 163 Å². The second-order valence-electron chi connectivity index (χ2n) is 7.17. The average Bonchev–Trinajstić information content (AvgIpc) is 3.45. The smallest absolute Gasteiger partial charge is 0.407 e. The van der Waals surface area contributed by atoms with Gasteiger partial charge in [-0.15, -0.1) is 0 Å².